The Bertz CT molecular complexity index is 3810. The highest BCUT2D eigenvalue weighted by Crippen LogP contribution is 2.45. The molecule has 24 heteroatoms. The van der Waals surface area contributed by atoms with Gasteiger partial charge < -0.3 is 0 Å². The molecule has 16 aliphatic rings. The fraction of sp³-hybridized carbons (Fsp3) is 0.636. The van der Waals surface area contributed by atoms with Crippen LogP contribution in [-0.4, -0.2) is 182 Å². The molecule has 8 saturated heterocycles. The van der Waals surface area contributed by atoms with Crippen molar-refractivity contribution >= 4 is 94.5 Å². The van der Waals surface area contributed by atoms with E-state index in [4.69, 9.17) is 0 Å². The largest absolute Gasteiger partial charge is 0.275 e. The number of rotatable bonds is 8. The molecule has 112 heavy (non-hydrogen) atoms. The summed E-state index contributed by atoms with van der Waals surface area (Å²) in [7, 11) is 0. The van der Waals surface area contributed by atoms with E-state index < -0.39 is 0 Å². The molecular formula is C88H120N8O16. The Morgan fingerprint density at radius 3 is 0.518 bits per heavy atom. The number of hydrogen-bond acceptors (Lipinski definition) is 16. The molecule has 8 saturated carbocycles. The molecule has 8 heterocycles. The summed E-state index contributed by atoms with van der Waals surface area (Å²) >= 11 is 0. The van der Waals surface area contributed by atoms with Crippen LogP contribution in [0, 0.1) is 47.3 Å². The average molecular weight is 1550 g/mol. The van der Waals surface area contributed by atoms with E-state index in [0.717, 1.165) is 193 Å². The van der Waals surface area contributed by atoms with Crippen LogP contribution in [0.2, 0.25) is 0 Å². The van der Waals surface area contributed by atoms with Gasteiger partial charge in [0.15, 0.2) is 0 Å². The van der Waals surface area contributed by atoms with E-state index in [1.807, 2.05) is 0 Å². The zero-order valence-corrected chi connectivity index (χ0v) is 66.8. The zero-order chi connectivity index (χ0) is 81.7. The average Bonchev–Trinajstić information content (AvgIpc) is 1.67. The van der Waals surface area contributed by atoms with Crippen LogP contribution in [0.15, 0.2) is 99.2 Å². The normalized spacial score (nSPS) is 31.0. The second-order valence-electron chi connectivity index (χ2n) is 33.3. The number of amides is 16. The van der Waals surface area contributed by atoms with Crippen molar-refractivity contribution in [3.05, 3.63) is 99.2 Å². The Balaban J connectivity index is 0.000000147. The van der Waals surface area contributed by atoms with Crippen molar-refractivity contribution in [2.75, 3.05) is 0 Å². The number of carbonyl (C=O) groups is 16. The number of fused-ring (bicyclic) bond motifs is 8. The molecule has 0 N–H and O–H groups in total. The first kappa shape index (κ1) is 87.0. The maximum atomic E-state index is 11.9. The molecule has 16 atom stereocenters. The first-order valence-corrected chi connectivity index (χ1v) is 41.6. The van der Waals surface area contributed by atoms with Crippen LogP contribution in [0.4, 0.5) is 0 Å². The second kappa shape index (κ2) is 39.2. The number of likely N-dealkylation sites (tertiary alicyclic amines) is 8. The third kappa shape index (κ3) is 18.3. The highest BCUT2D eigenvalue weighted by molar-refractivity contribution is 6.12. The molecule has 0 bridgehead atoms. The smallest absolute Gasteiger partial charge is 0.255 e. The molecule has 8 aliphatic carbocycles. The van der Waals surface area contributed by atoms with Crippen LogP contribution < -0.4 is 0 Å². The quantitative estimate of drug-likeness (QED) is 0.161. The zero-order valence-electron chi connectivity index (χ0n) is 66.8. The Morgan fingerprint density at radius 1 is 0.214 bits per heavy atom. The third-order valence-corrected chi connectivity index (χ3v) is 25.9. The molecule has 16 fully saturated rings. The highest BCUT2D eigenvalue weighted by atomic mass is 16.2. The van der Waals surface area contributed by atoms with Gasteiger partial charge in [-0.2, -0.15) is 0 Å². The molecule has 16 amide bonds. The summed E-state index contributed by atoms with van der Waals surface area (Å²) < 4.78 is 0. The van der Waals surface area contributed by atoms with Crippen molar-refractivity contribution in [3.8, 4) is 0 Å². The first-order valence-electron chi connectivity index (χ1n) is 41.6. The Hall–Kier alpha value is -8.96. The standard InChI is InChI=1S/C13H19NO2.2C12H17NO2.2C11H15NO2.2C10H13NO2.C9H11NO2/c1-9(2)12(15)14-11-8-6-4-3-5-7-10(11)13(14)16;1-8(2)11(14)13-10-7-5-3-4-6-9(10)12(13)15;1-2-11(14)13-10-8-6-4-3-5-7-9(10)12(13)15;1-7(2)10(13)12-9-6-4-3-5-8(9)11(12)14;1-2-10(13)12-9-7-5-3-4-6-8(9)11(12)14;1-6(2)9(12)11-8-5-3-4-7(8)10(11)13;1-2-9(12)11-8-6-4-3-5-7(8)10(11)13;1-2-8(11)10-7-5-3-4-6(7)9(10)12/h10-11H,1,3-8H2,2H3;9-10H,1,3-7H2,2H3;2,9-10H,1,3-8H2;8-9H,1,3-6H2,2H3;2,8-9H,1,3-7H2;7-8H,1,3-5H2,2H3;2,7-8H,1,3-6H2;2,6-7H,1,3-5H2. The second-order valence-corrected chi connectivity index (χ2v) is 33.3. The molecule has 16 unspecified atom stereocenters. The topological polar surface area (TPSA) is 299 Å². The van der Waals surface area contributed by atoms with Crippen molar-refractivity contribution in [1.29, 1.82) is 0 Å². The van der Waals surface area contributed by atoms with Gasteiger partial charge in [0.05, 0.1) is 95.7 Å². The lowest BCUT2D eigenvalue weighted by Crippen LogP contribution is -2.64. The van der Waals surface area contributed by atoms with Crippen LogP contribution in [0.5, 0.6) is 0 Å². The van der Waals surface area contributed by atoms with Gasteiger partial charge in [-0.05, 0) is 155 Å². The van der Waals surface area contributed by atoms with Gasteiger partial charge in [0.1, 0.15) is 0 Å². The van der Waals surface area contributed by atoms with Gasteiger partial charge in [0.2, 0.25) is 47.3 Å². The van der Waals surface area contributed by atoms with Gasteiger partial charge in [-0.1, -0.05) is 181 Å². The van der Waals surface area contributed by atoms with Gasteiger partial charge in [-0.15, -0.1) is 0 Å². The Kier molecular flexibility index (Phi) is 30.4. The summed E-state index contributed by atoms with van der Waals surface area (Å²) in [5.41, 5.74) is 1.85. The SMILES string of the molecule is C=C(C)C(=O)N1C(=O)C2CCCC21.C=C(C)C(=O)N1C(=O)C2CCCCC21.C=C(C)C(=O)N1C(=O)C2CCCCCC21.C=C(C)C(=O)N1C(=O)C2CCCCCCC21.C=CC(=O)N1C(=O)C2CCCC21.C=CC(=O)N1C(=O)C2CCCCC21.C=CC(=O)N1C(=O)C2CCCCCC21.C=CC(=O)N1C(=O)C2CCCCCCC21. The summed E-state index contributed by atoms with van der Waals surface area (Å²) in [6.45, 7) is 34.6. The molecule has 0 aromatic rings. The summed E-state index contributed by atoms with van der Waals surface area (Å²) in [6.07, 6.45) is 43.5. The number of carbonyl (C=O) groups excluding carboxylic acids is 16. The van der Waals surface area contributed by atoms with E-state index in [2.05, 4.69) is 52.6 Å². The lowest BCUT2D eigenvalue weighted by molar-refractivity contribution is -0.168. The molecule has 0 radical (unpaired) electrons. The van der Waals surface area contributed by atoms with Crippen molar-refractivity contribution in [3.63, 3.8) is 0 Å². The van der Waals surface area contributed by atoms with E-state index in [1.54, 1.807) is 27.7 Å². The van der Waals surface area contributed by atoms with E-state index in [1.165, 1.54) is 102 Å². The lowest BCUT2D eigenvalue weighted by Gasteiger charge is -2.48. The Morgan fingerprint density at radius 2 is 0.339 bits per heavy atom. The molecular weight excluding hydrogens is 1430 g/mol. The van der Waals surface area contributed by atoms with E-state index in [-0.39, 0.29) is 190 Å². The monoisotopic (exact) mass is 1540 g/mol. The van der Waals surface area contributed by atoms with E-state index in [9.17, 15) is 76.7 Å². The predicted molar refractivity (Wildman–Crippen MR) is 419 cm³/mol. The molecule has 16 rings (SSSR count). The first-order chi connectivity index (χ1) is 53.5. The van der Waals surface area contributed by atoms with E-state index >= 15 is 0 Å². The number of β-lactam (4-membered cyclic amide) rings is 8. The fourth-order valence-corrected chi connectivity index (χ4v) is 19.8. The van der Waals surface area contributed by atoms with Crippen molar-refractivity contribution in [2.24, 2.45) is 47.3 Å². The van der Waals surface area contributed by atoms with Gasteiger partial charge in [-0.25, -0.2) is 0 Å². The maximum absolute atomic E-state index is 11.9. The number of hydrogen-bond donors (Lipinski definition) is 0. The lowest BCUT2D eigenvalue weighted by atomic mass is 9.76. The fourth-order valence-electron chi connectivity index (χ4n) is 19.8. The minimum atomic E-state index is -0.233. The van der Waals surface area contributed by atoms with Crippen molar-refractivity contribution in [1.82, 2.24) is 39.2 Å². The van der Waals surface area contributed by atoms with Crippen molar-refractivity contribution < 1.29 is 76.7 Å². The predicted octanol–water partition coefficient (Wildman–Crippen LogP) is 11.9. The molecule has 0 aromatic heterocycles. The maximum Gasteiger partial charge on any atom is 0.255 e. The summed E-state index contributed by atoms with van der Waals surface area (Å²) in [5.74, 6) is -0.465. The van der Waals surface area contributed by atoms with Gasteiger partial charge >= 0.3 is 0 Å². The minimum absolute atomic E-state index is 0.00222. The molecule has 8 aliphatic heterocycles. The van der Waals surface area contributed by atoms with Gasteiger partial charge in [0.25, 0.3) is 47.3 Å². The summed E-state index contributed by atoms with van der Waals surface area (Å²) in [5, 5.41) is 0. The minimum Gasteiger partial charge on any atom is -0.275 e. The number of nitrogens with zero attached hydrogens (tertiary/aromatic N) is 8. The number of imide groups is 8. The third-order valence-electron chi connectivity index (χ3n) is 25.9. The van der Waals surface area contributed by atoms with Crippen molar-refractivity contribution in [2.45, 2.75) is 307 Å². The van der Waals surface area contributed by atoms with Crippen LogP contribution in [0.3, 0.4) is 0 Å². The molecule has 608 valence electrons. The van der Waals surface area contributed by atoms with Crippen LogP contribution >= 0.6 is 0 Å². The van der Waals surface area contributed by atoms with Crippen LogP contribution in [0.25, 0.3) is 0 Å². The Labute approximate surface area is 661 Å². The van der Waals surface area contributed by atoms with E-state index in [0.29, 0.717) is 22.3 Å². The molecule has 0 aromatic carbocycles. The van der Waals surface area contributed by atoms with Gasteiger partial charge in [-0.3, -0.25) is 116 Å². The highest BCUT2D eigenvalue weighted by Gasteiger charge is 2.57. The van der Waals surface area contributed by atoms with Gasteiger partial charge in [0, 0.05) is 22.3 Å². The molecule has 0 spiro atoms. The van der Waals surface area contributed by atoms with Crippen LogP contribution in [0.1, 0.15) is 259 Å². The molecule has 24 nitrogen and oxygen atoms in total. The van der Waals surface area contributed by atoms with Crippen LogP contribution in [-0.2, 0) is 76.7 Å². The summed E-state index contributed by atoms with van der Waals surface area (Å²) in [6, 6.07) is 1.44. The summed E-state index contributed by atoms with van der Waals surface area (Å²) in [4.78, 5) is 196.